The number of rotatable bonds is 5. The van der Waals surface area contributed by atoms with Crippen LogP contribution in [0.25, 0.3) is 0 Å². The van der Waals surface area contributed by atoms with Gasteiger partial charge in [0.15, 0.2) is 0 Å². The molecule has 0 spiro atoms. The highest BCUT2D eigenvalue weighted by atomic mass is 32.2. The molecule has 100 valence electrons. The van der Waals surface area contributed by atoms with Gasteiger partial charge in [0, 0.05) is 19.6 Å². The van der Waals surface area contributed by atoms with Gasteiger partial charge in [-0.15, -0.1) is 0 Å². The highest BCUT2D eigenvalue weighted by Gasteiger charge is 2.24. The van der Waals surface area contributed by atoms with E-state index in [-0.39, 0.29) is 6.04 Å². The van der Waals surface area contributed by atoms with Gasteiger partial charge in [-0.05, 0) is 18.4 Å². The number of benzene rings is 1. The van der Waals surface area contributed by atoms with Crippen LogP contribution >= 0.6 is 0 Å². The molecule has 2 rings (SSSR count). The minimum Gasteiger partial charge on any atom is -0.199 e. The Morgan fingerprint density at radius 2 is 1.83 bits per heavy atom. The number of nitrogens with zero attached hydrogens (tertiary/aromatic N) is 1. The van der Waals surface area contributed by atoms with Crippen molar-refractivity contribution in [2.45, 2.75) is 38.3 Å². The topological polar surface area (TPSA) is 49.4 Å². The molecule has 0 amide bonds. The quantitative estimate of drug-likeness (QED) is 0.886. The Labute approximate surface area is 109 Å². The van der Waals surface area contributed by atoms with Crippen molar-refractivity contribution >= 4 is 10.2 Å². The minimum atomic E-state index is -3.36. The van der Waals surface area contributed by atoms with Gasteiger partial charge in [0.05, 0.1) is 0 Å². The standard InChI is InChI=1S/C13H20N2O2S/c1-15(11-12-7-3-2-4-8-12)18(16,17)14-13-9-5-6-10-13/h2-4,7-8,13-14H,5-6,9-11H2,1H3. The van der Waals surface area contributed by atoms with Gasteiger partial charge in [0.2, 0.25) is 0 Å². The van der Waals surface area contributed by atoms with Gasteiger partial charge in [-0.2, -0.15) is 17.4 Å². The highest BCUT2D eigenvalue weighted by molar-refractivity contribution is 7.87. The monoisotopic (exact) mass is 268 g/mol. The van der Waals surface area contributed by atoms with Crippen molar-refractivity contribution in [1.29, 1.82) is 0 Å². The van der Waals surface area contributed by atoms with E-state index >= 15 is 0 Å². The molecule has 0 heterocycles. The van der Waals surface area contributed by atoms with E-state index < -0.39 is 10.2 Å². The SMILES string of the molecule is CN(Cc1ccccc1)S(=O)(=O)NC1CCCC1. The molecule has 1 saturated carbocycles. The van der Waals surface area contributed by atoms with Crippen molar-refractivity contribution < 1.29 is 8.42 Å². The second-order valence-corrected chi connectivity index (χ2v) is 6.66. The largest absolute Gasteiger partial charge is 0.279 e. The van der Waals surface area contributed by atoms with Crippen LogP contribution in [0.1, 0.15) is 31.2 Å². The van der Waals surface area contributed by atoms with E-state index in [2.05, 4.69) is 4.72 Å². The maximum atomic E-state index is 12.1. The average Bonchev–Trinajstić information content (AvgIpc) is 2.82. The van der Waals surface area contributed by atoms with Crippen molar-refractivity contribution in [2.75, 3.05) is 7.05 Å². The molecule has 0 saturated heterocycles. The van der Waals surface area contributed by atoms with Gasteiger partial charge < -0.3 is 0 Å². The van der Waals surface area contributed by atoms with E-state index in [1.54, 1.807) is 7.05 Å². The number of hydrogen-bond acceptors (Lipinski definition) is 2. The zero-order valence-corrected chi connectivity index (χ0v) is 11.5. The lowest BCUT2D eigenvalue weighted by Gasteiger charge is -2.20. The zero-order chi connectivity index (χ0) is 13.0. The van der Waals surface area contributed by atoms with E-state index in [1.165, 1.54) is 4.31 Å². The van der Waals surface area contributed by atoms with Crippen LogP contribution in [-0.2, 0) is 16.8 Å². The maximum absolute atomic E-state index is 12.1. The number of nitrogens with one attached hydrogen (secondary N) is 1. The molecule has 0 bridgehead atoms. The van der Waals surface area contributed by atoms with Crippen molar-refractivity contribution in [3.05, 3.63) is 35.9 Å². The second-order valence-electron chi connectivity index (χ2n) is 4.85. The lowest BCUT2D eigenvalue weighted by atomic mass is 10.2. The van der Waals surface area contributed by atoms with Gasteiger partial charge in [-0.3, -0.25) is 0 Å². The maximum Gasteiger partial charge on any atom is 0.279 e. The van der Waals surface area contributed by atoms with Crippen LogP contribution < -0.4 is 4.72 Å². The Morgan fingerprint density at radius 1 is 1.22 bits per heavy atom. The molecule has 18 heavy (non-hydrogen) atoms. The first-order valence-electron chi connectivity index (χ1n) is 6.35. The molecule has 5 heteroatoms. The lowest BCUT2D eigenvalue weighted by molar-refractivity contribution is 0.443. The average molecular weight is 268 g/mol. The molecule has 1 aliphatic rings. The summed E-state index contributed by atoms with van der Waals surface area (Å²) >= 11 is 0. The van der Waals surface area contributed by atoms with Crippen LogP contribution in [0.15, 0.2) is 30.3 Å². The number of hydrogen-bond donors (Lipinski definition) is 1. The van der Waals surface area contributed by atoms with Crippen molar-refractivity contribution in [3.63, 3.8) is 0 Å². The predicted octanol–water partition coefficient (Wildman–Crippen LogP) is 1.90. The summed E-state index contributed by atoms with van der Waals surface area (Å²) in [6.07, 6.45) is 4.15. The van der Waals surface area contributed by atoms with Crippen molar-refractivity contribution in [1.82, 2.24) is 9.03 Å². The van der Waals surface area contributed by atoms with Gasteiger partial charge in [0.25, 0.3) is 10.2 Å². The summed E-state index contributed by atoms with van der Waals surface area (Å²) in [5, 5.41) is 0. The van der Waals surface area contributed by atoms with Crippen molar-refractivity contribution in [2.24, 2.45) is 0 Å². The van der Waals surface area contributed by atoms with Crippen LogP contribution in [0.3, 0.4) is 0 Å². The minimum absolute atomic E-state index is 0.119. The molecule has 1 aromatic rings. The molecule has 1 fully saturated rings. The first-order valence-corrected chi connectivity index (χ1v) is 7.79. The third-order valence-corrected chi connectivity index (χ3v) is 4.91. The molecule has 0 unspecified atom stereocenters. The van der Waals surface area contributed by atoms with Crippen LogP contribution in [0, 0.1) is 0 Å². The Balaban J connectivity index is 1.96. The summed E-state index contributed by atoms with van der Waals surface area (Å²) in [7, 11) is -1.74. The third kappa shape index (κ3) is 3.54. The molecule has 1 aliphatic carbocycles. The van der Waals surface area contributed by atoms with E-state index in [0.29, 0.717) is 6.54 Å². The normalized spacial score (nSPS) is 17.4. The first kappa shape index (κ1) is 13.5. The fraction of sp³-hybridized carbons (Fsp3) is 0.538. The van der Waals surface area contributed by atoms with Crippen LogP contribution in [0.4, 0.5) is 0 Å². The molecule has 0 aromatic heterocycles. The third-order valence-electron chi connectivity index (χ3n) is 3.33. The first-order chi connectivity index (χ1) is 8.58. The smallest absolute Gasteiger partial charge is 0.199 e. The fourth-order valence-electron chi connectivity index (χ4n) is 2.27. The molecule has 1 N–H and O–H groups in total. The highest BCUT2D eigenvalue weighted by Crippen LogP contribution is 2.19. The van der Waals surface area contributed by atoms with Crippen LogP contribution in [0.2, 0.25) is 0 Å². The molecule has 4 nitrogen and oxygen atoms in total. The van der Waals surface area contributed by atoms with E-state index in [0.717, 1.165) is 31.2 Å². The molecule has 1 aromatic carbocycles. The Morgan fingerprint density at radius 3 is 2.44 bits per heavy atom. The molecule has 0 radical (unpaired) electrons. The van der Waals surface area contributed by atoms with Gasteiger partial charge in [-0.1, -0.05) is 43.2 Å². The van der Waals surface area contributed by atoms with E-state index in [4.69, 9.17) is 0 Å². The molecule has 0 aliphatic heterocycles. The van der Waals surface area contributed by atoms with Crippen LogP contribution in [-0.4, -0.2) is 25.8 Å². The van der Waals surface area contributed by atoms with E-state index in [1.807, 2.05) is 30.3 Å². The Bertz CT molecular complexity index is 467. The van der Waals surface area contributed by atoms with Gasteiger partial charge >= 0.3 is 0 Å². The fourth-order valence-corrected chi connectivity index (χ4v) is 3.43. The summed E-state index contributed by atoms with van der Waals surface area (Å²) in [5.74, 6) is 0. The van der Waals surface area contributed by atoms with Gasteiger partial charge in [-0.25, -0.2) is 0 Å². The zero-order valence-electron chi connectivity index (χ0n) is 10.7. The van der Waals surface area contributed by atoms with E-state index in [9.17, 15) is 8.42 Å². The summed E-state index contributed by atoms with van der Waals surface area (Å²) in [4.78, 5) is 0. The van der Waals surface area contributed by atoms with Crippen molar-refractivity contribution in [3.8, 4) is 0 Å². The Hall–Kier alpha value is -0.910. The second kappa shape index (κ2) is 5.82. The summed E-state index contributed by atoms with van der Waals surface area (Å²) < 4.78 is 28.4. The summed E-state index contributed by atoms with van der Waals surface area (Å²) in [6.45, 7) is 0.406. The Kier molecular flexibility index (Phi) is 4.37. The van der Waals surface area contributed by atoms with Gasteiger partial charge in [0.1, 0.15) is 0 Å². The lowest BCUT2D eigenvalue weighted by Crippen LogP contribution is -2.42. The summed E-state index contributed by atoms with van der Waals surface area (Å²) in [5.41, 5.74) is 0.997. The van der Waals surface area contributed by atoms with Crippen LogP contribution in [0.5, 0.6) is 0 Å². The predicted molar refractivity (Wildman–Crippen MR) is 72.2 cm³/mol. The molecule has 0 atom stereocenters. The molecular weight excluding hydrogens is 248 g/mol. The molecular formula is C13H20N2O2S. The summed E-state index contributed by atoms with van der Waals surface area (Å²) in [6, 6.07) is 9.74.